The van der Waals surface area contributed by atoms with Crippen molar-refractivity contribution in [2.24, 2.45) is 0 Å². The molecule has 0 aliphatic heterocycles. The van der Waals surface area contributed by atoms with Gasteiger partial charge in [-0.15, -0.1) is 0 Å². The van der Waals surface area contributed by atoms with Crippen molar-refractivity contribution in [3.8, 4) is 0 Å². The van der Waals surface area contributed by atoms with E-state index in [-0.39, 0.29) is 31.1 Å². The van der Waals surface area contributed by atoms with E-state index < -0.39 is 6.10 Å². The summed E-state index contributed by atoms with van der Waals surface area (Å²) < 4.78 is 17.0. The predicted octanol–water partition coefficient (Wildman–Crippen LogP) is 24.3. The number of ether oxygens (including phenoxy) is 3. The van der Waals surface area contributed by atoms with Crippen LogP contribution < -0.4 is 0 Å². The molecule has 0 aliphatic rings. The Balaban J connectivity index is 4.32. The Morgan fingerprint density at radius 2 is 0.450 bits per heavy atom. The van der Waals surface area contributed by atoms with Gasteiger partial charge in [-0.25, -0.2) is 0 Å². The summed E-state index contributed by atoms with van der Waals surface area (Å²) >= 11 is 0. The fourth-order valence-electron chi connectivity index (χ4n) is 10.4. The van der Waals surface area contributed by atoms with Crippen molar-refractivity contribution in [1.29, 1.82) is 0 Å². The number of carbonyl (C=O) groups is 3. The summed E-state index contributed by atoms with van der Waals surface area (Å²) in [4.78, 5) is 38.5. The van der Waals surface area contributed by atoms with Crippen LogP contribution in [0.25, 0.3) is 0 Å². The smallest absolute Gasteiger partial charge is 0.306 e. The first-order valence-electron chi connectivity index (χ1n) is 35.3. The molecule has 0 spiro atoms. The molecular formula is C74H134O6. The Labute approximate surface area is 498 Å². The molecule has 0 heterocycles. The van der Waals surface area contributed by atoms with Crippen molar-refractivity contribution in [2.75, 3.05) is 13.2 Å². The van der Waals surface area contributed by atoms with E-state index in [0.717, 1.165) is 83.5 Å². The molecular weight excluding hydrogens is 985 g/mol. The minimum absolute atomic E-state index is 0.0774. The maximum absolute atomic E-state index is 13.0. The molecule has 0 bridgehead atoms. The molecule has 0 fully saturated rings. The zero-order chi connectivity index (χ0) is 57.8. The highest BCUT2D eigenvalue weighted by Gasteiger charge is 2.19. The SMILES string of the molecule is CCCCCC/C=C\C/C=C\CCCCCCCC(=O)OCC(COC(=O)CCCCCCCCCCCCCCC/C=C\C/C=C\CCCCCCC)OC(=O)CCCCCCCCCCC/C=C\CCCCCCCCCC. The molecule has 0 rings (SSSR count). The molecule has 0 aliphatic carbocycles. The molecule has 6 heteroatoms. The van der Waals surface area contributed by atoms with E-state index in [0.29, 0.717) is 19.3 Å². The van der Waals surface area contributed by atoms with Gasteiger partial charge in [0, 0.05) is 19.3 Å². The third-order valence-corrected chi connectivity index (χ3v) is 15.7. The summed E-state index contributed by atoms with van der Waals surface area (Å²) in [5.41, 5.74) is 0. The summed E-state index contributed by atoms with van der Waals surface area (Å²) in [6.07, 6.45) is 88.1. The number of hydrogen-bond acceptors (Lipinski definition) is 6. The molecule has 0 aromatic heterocycles. The highest BCUT2D eigenvalue weighted by atomic mass is 16.6. The van der Waals surface area contributed by atoms with Crippen molar-refractivity contribution < 1.29 is 28.6 Å². The molecule has 6 nitrogen and oxygen atoms in total. The summed E-state index contributed by atoms with van der Waals surface area (Å²) in [6, 6.07) is 0. The number of allylic oxidation sites excluding steroid dienone is 10. The molecule has 0 saturated heterocycles. The Morgan fingerprint density at radius 3 is 0.713 bits per heavy atom. The molecule has 466 valence electrons. The van der Waals surface area contributed by atoms with Crippen LogP contribution in [0, 0.1) is 0 Å². The number of unbranched alkanes of at least 4 members (excludes halogenated alkanes) is 44. The summed E-state index contributed by atoms with van der Waals surface area (Å²) in [5.74, 6) is -0.872. The normalized spacial score (nSPS) is 12.4. The van der Waals surface area contributed by atoms with Gasteiger partial charge in [0.05, 0.1) is 0 Å². The van der Waals surface area contributed by atoms with Gasteiger partial charge in [0.2, 0.25) is 0 Å². The van der Waals surface area contributed by atoms with Gasteiger partial charge in [-0.05, 0) is 109 Å². The van der Waals surface area contributed by atoms with Crippen molar-refractivity contribution in [2.45, 2.75) is 380 Å². The Kier molecular flexibility index (Phi) is 66.1. The molecule has 0 aromatic carbocycles. The highest BCUT2D eigenvalue weighted by molar-refractivity contribution is 5.71. The molecule has 0 amide bonds. The standard InChI is InChI=1S/C74H134O6/c1-4-7-10-13-16-19-22-25-28-31-33-35-36-37-38-40-41-43-46-49-52-55-58-61-64-67-73(76)79-70-71(69-78-72(75)66-63-60-57-54-51-48-45-30-27-24-21-18-15-12-9-6-3)80-74(77)68-65-62-59-56-53-50-47-44-42-39-34-32-29-26-23-20-17-14-11-8-5-2/h21-22,24-25,30-34,45,71H,4-20,23,26-29,35-44,46-70H2,1-3H3/b24-21-,25-22-,33-31-,34-32-,45-30-. The first kappa shape index (κ1) is 77.1. The van der Waals surface area contributed by atoms with Gasteiger partial charge >= 0.3 is 17.9 Å². The van der Waals surface area contributed by atoms with Gasteiger partial charge in [-0.3, -0.25) is 14.4 Å². The van der Waals surface area contributed by atoms with E-state index >= 15 is 0 Å². The third kappa shape index (κ3) is 65.9. The van der Waals surface area contributed by atoms with Crippen LogP contribution in [0.4, 0.5) is 0 Å². The molecule has 1 atom stereocenters. The van der Waals surface area contributed by atoms with E-state index in [4.69, 9.17) is 14.2 Å². The fraction of sp³-hybridized carbons (Fsp3) is 0.824. The van der Waals surface area contributed by atoms with Crippen molar-refractivity contribution in [1.82, 2.24) is 0 Å². The minimum Gasteiger partial charge on any atom is -0.462 e. The number of esters is 3. The van der Waals surface area contributed by atoms with Gasteiger partial charge in [-0.2, -0.15) is 0 Å². The first-order chi connectivity index (χ1) is 39.5. The summed E-state index contributed by atoms with van der Waals surface area (Å²) in [7, 11) is 0. The van der Waals surface area contributed by atoms with Gasteiger partial charge in [0.25, 0.3) is 0 Å². The Morgan fingerprint density at radius 1 is 0.250 bits per heavy atom. The molecule has 0 N–H and O–H groups in total. The van der Waals surface area contributed by atoms with Gasteiger partial charge in [0.15, 0.2) is 6.10 Å². The highest BCUT2D eigenvalue weighted by Crippen LogP contribution is 2.17. The lowest BCUT2D eigenvalue weighted by atomic mass is 10.0. The zero-order valence-electron chi connectivity index (χ0n) is 53.6. The van der Waals surface area contributed by atoms with Gasteiger partial charge in [0.1, 0.15) is 13.2 Å². The average Bonchev–Trinajstić information content (AvgIpc) is 3.46. The van der Waals surface area contributed by atoms with Gasteiger partial charge < -0.3 is 14.2 Å². The van der Waals surface area contributed by atoms with E-state index in [9.17, 15) is 14.4 Å². The molecule has 0 radical (unpaired) electrons. The second-order valence-electron chi connectivity index (χ2n) is 23.8. The van der Waals surface area contributed by atoms with Crippen LogP contribution in [-0.4, -0.2) is 37.2 Å². The minimum atomic E-state index is -0.783. The summed E-state index contributed by atoms with van der Waals surface area (Å²) in [5, 5.41) is 0. The van der Waals surface area contributed by atoms with Gasteiger partial charge in [-0.1, -0.05) is 306 Å². The molecule has 0 aromatic rings. The quantitative estimate of drug-likeness (QED) is 0.0261. The van der Waals surface area contributed by atoms with Crippen LogP contribution in [0.2, 0.25) is 0 Å². The lowest BCUT2D eigenvalue weighted by Crippen LogP contribution is -2.30. The topological polar surface area (TPSA) is 78.9 Å². The van der Waals surface area contributed by atoms with Crippen molar-refractivity contribution >= 4 is 17.9 Å². The van der Waals surface area contributed by atoms with E-state index in [2.05, 4.69) is 81.5 Å². The van der Waals surface area contributed by atoms with Crippen LogP contribution >= 0.6 is 0 Å². The maximum atomic E-state index is 13.0. The zero-order valence-corrected chi connectivity index (χ0v) is 53.6. The van der Waals surface area contributed by atoms with Crippen molar-refractivity contribution in [3.05, 3.63) is 60.8 Å². The number of rotatable bonds is 65. The Bertz CT molecular complexity index is 1430. The van der Waals surface area contributed by atoms with E-state index in [1.807, 2.05) is 0 Å². The van der Waals surface area contributed by atoms with Crippen LogP contribution in [0.3, 0.4) is 0 Å². The summed E-state index contributed by atoms with van der Waals surface area (Å²) in [6.45, 7) is 6.66. The fourth-order valence-corrected chi connectivity index (χ4v) is 10.4. The van der Waals surface area contributed by atoms with Crippen LogP contribution in [0.1, 0.15) is 374 Å². The second kappa shape index (κ2) is 68.6. The lowest BCUT2D eigenvalue weighted by molar-refractivity contribution is -0.167. The lowest BCUT2D eigenvalue weighted by Gasteiger charge is -2.18. The van der Waals surface area contributed by atoms with Crippen LogP contribution in [-0.2, 0) is 28.6 Å². The maximum Gasteiger partial charge on any atom is 0.306 e. The van der Waals surface area contributed by atoms with Crippen LogP contribution in [0.15, 0.2) is 60.8 Å². The molecule has 1 unspecified atom stereocenters. The number of carbonyl (C=O) groups excluding carboxylic acids is 3. The number of hydrogen-bond donors (Lipinski definition) is 0. The predicted molar refractivity (Wildman–Crippen MR) is 348 cm³/mol. The second-order valence-corrected chi connectivity index (χ2v) is 23.8. The molecule has 0 saturated carbocycles. The van der Waals surface area contributed by atoms with E-state index in [1.165, 1.54) is 250 Å². The largest absolute Gasteiger partial charge is 0.462 e. The Hall–Kier alpha value is -2.89. The molecule has 80 heavy (non-hydrogen) atoms. The van der Waals surface area contributed by atoms with E-state index in [1.54, 1.807) is 0 Å². The first-order valence-corrected chi connectivity index (χ1v) is 35.3. The third-order valence-electron chi connectivity index (χ3n) is 15.7. The van der Waals surface area contributed by atoms with Crippen LogP contribution in [0.5, 0.6) is 0 Å². The average molecular weight is 1120 g/mol. The monoisotopic (exact) mass is 1120 g/mol. The van der Waals surface area contributed by atoms with Crippen molar-refractivity contribution in [3.63, 3.8) is 0 Å².